The third-order valence-electron chi connectivity index (χ3n) is 2.50. The van der Waals surface area contributed by atoms with Gasteiger partial charge in [0, 0.05) is 6.42 Å². The highest BCUT2D eigenvalue weighted by Crippen LogP contribution is 2.21. The molecular formula is C10H17N. The maximum atomic E-state index is 3.39. The first kappa shape index (κ1) is 8.62. The van der Waals surface area contributed by atoms with Gasteiger partial charge in [-0.25, -0.2) is 0 Å². The third-order valence-corrected chi connectivity index (χ3v) is 2.50. The largest absolute Gasteiger partial charge is 0.316 e. The molecule has 2 atom stereocenters. The average molecular weight is 151 g/mol. The monoisotopic (exact) mass is 151 g/mol. The Bertz CT molecular complexity index is 163. The van der Waals surface area contributed by atoms with E-state index in [9.17, 15) is 0 Å². The van der Waals surface area contributed by atoms with Gasteiger partial charge in [0.05, 0.1) is 0 Å². The first-order chi connectivity index (χ1) is 5.34. The van der Waals surface area contributed by atoms with Crippen molar-refractivity contribution in [2.45, 2.75) is 26.7 Å². The van der Waals surface area contributed by atoms with E-state index in [-0.39, 0.29) is 0 Å². The summed E-state index contributed by atoms with van der Waals surface area (Å²) in [5, 5.41) is 3.39. The van der Waals surface area contributed by atoms with Crippen LogP contribution in [0.4, 0.5) is 0 Å². The second-order valence-electron chi connectivity index (χ2n) is 3.36. The Balaban J connectivity index is 2.33. The Morgan fingerprint density at radius 3 is 3.00 bits per heavy atom. The summed E-state index contributed by atoms with van der Waals surface area (Å²) in [6.45, 7) is 6.59. The SMILES string of the molecule is CC#CCC1CCNCC1C. The lowest BCUT2D eigenvalue weighted by Crippen LogP contribution is -2.34. The maximum absolute atomic E-state index is 3.39. The fourth-order valence-electron chi connectivity index (χ4n) is 1.60. The van der Waals surface area contributed by atoms with Gasteiger partial charge >= 0.3 is 0 Å². The van der Waals surface area contributed by atoms with E-state index in [0.717, 1.165) is 18.3 Å². The number of piperidine rings is 1. The minimum Gasteiger partial charge on any atom is -0.316 e. The Hall–Kier alpha value is -0.480. The van der Waals surface area contributed by atoms with Crippen LogP contribution in [-0.4, -0.2) is 13.1 Å². The van der Waals surface area contributed by atoms with E-state index in [4.69, 9.17) is 0 Å². The highest BCUT2D eigenvalue weighted by molar-refractivity contribution is 4.97. The molecule has 0 saturated carbocycles. The van der Waals surface area contributed by atoms with Gasteiger partial charge in [0.1, 0.15) is 0 Å². The molecule has 1 fully saturated rings. The molecule has 2 unspecified atom stereocenters. The highest BCUT2D eigenvalue weighted by Gasteiger charge is 2.19. The van der Waals surface area contributed by atoms with Crippen LogP contribution in [-0.2, 0) is 0 Å². The molecule has 0 spiro atoms. The maximum Gasteiger partial charge on any atom is 0.0120 e. The van der Waals surface area contributed by atoms with Crippen molar-refractivity contribution in [3.63, 3.8) is 0 Å². The molecule has 1 aliphatic rings. The van der Waals surface area contributed by atoms with E-state index >= 15 is 0 Å². The quantitative estimate of drug-likeness (QED) is 0.562. The molecule has 1 N–H and O–H groups in total. The minimum absolute atomic E-state index is 0.810. The zero-order valence-corrected chi connectivity index (χ0v) is 7.48. The topological polar surface area (TPSA) is 12.0 Å². The van der Waals surface area contributed by atoms with Gasteiger partial charge in [-0.1, -0.05) is 6.92 Å². The van der Waals surface area contributed by atoms with Crippen LogP contribution in [0.5, 0.6) is 0 Å². The van der Waals surface area contributed by atoms with Gasteiger partial charge in [-0.05, 0) is 38.3 Å². The van der Waals surface area contributed by atoms with Crippen LogP contribution in [0.15, 0.2) is 0 Å². The summed E-state index contributed by atoms with van der Waals surface area (Å²) < 4.78 is 0. The smallest absolute Gasteiger partial charge is 0.0120 e. The zero-order chi connectivity index (χ0) is 8.10. The van der Waals surface area contributed by atoms with Crippen LogP contribution in [0.3, 0.4) is 0 Å². The van der Waals surface area contributed by atoms with Crippen LogP contribution in [0, 0.1) is 23.7 Å². The Labute approximate surface area is 69.6 Å². The zero-order valence-electron chi connectivity index (χ0n) is 7.48. The fraction of sp³-hybridized carbons (Fsp3) is 0.800. The molecule has 0 bridgehead atoms. The van der Waals surface area contributed by atoms with Crippen LogP contribution in [0.2, 0.25) is 0 Å². The highest BCUT2D eigenvalue weighted by atomic mass is 14.9. The lowest BCUT2D eigenvalue weighted by atomic mass is 9.86. The van der Waals surface area contributed by atoms with Gasteiger partial charge in [0.15, 0.2) is 0 Å². The fourth-order valence-corrected chi connectivity index (χ4v) is 1.60. The van der Waals surface area contributed by atoms with Gasteiger partial charge in [0.25, 0.3) is 0 Å². The summed E-state index contributed by atoms with van der Waals surface area (Å²) in [5.74, 6) is 7.78. The molecule has 11 heavy (non-hydrogen) atoms. The summed E-state index contributed by atoms with van der Waals surface area (Å²) in [7, 11) is 0. The van der Waals surface area contributed by atoms with Gasteiger partial charge in [-0.3, -0.25) is 0 Å². The standard InChI is InChI=1S/C10H17N/c1-3-4-5-10-6-7-11-8-9(10)2/h9-11H,5-8H2,1-2H3. The Kier molecular flexibility index (Phi) is 3.45. The molecule has 62 valence electrons. The van der Waals surface area contributed by atoms with Crippen LogP contribution < -0.4 is 5.32 Å². The molecular weight excluding hydrogens is 134 g/mol. The molecule has 0 aromatic heterocycles. The van der Waals surface area contributed by atoms with Crippen molar-refractivity contribution in [3.05, 3.63) is 0 Å². The second-order valence-corrected chi connectivity index (χ2v) is 3.36. The van der Waals surface area contributed by atoms with Gasteiger partial charge < -0.3 is 5.32 Å². The van der Waals surface area contributed by atoms with Crippen LogP contribution in [0.1, 0.15) is 26.7 Å². The molecule has 1 aliphatic heterocycles. The number of rotatable bonds is 1. The van der Waals surface area contributed by atoms with Crippen molar-refractivity contribution >= 4 is 0 Å². The van der Waals surface area contributed by atoms with Gasteiger partial charge in [-0.15, -0.1) is 11.8 Å². The lowest BCUT2D eigenvalue weighted by molar-refractivity contribution is 0.278. The minimum atomic E-state index is 0.810. The third kappa shape index (κ3) is 2.55. The predicted octanol–water partition coefficient (Wildman–Crippen LogP) is 1.65. The van der Waals surface area contributed by atoms with Crippen LogP contribution >= 0.6 is 0 Å². The van der Waals surface area contributed by atoms with E-state index in [1.165, 1.54) is 19.5 Å². The number of hydrogen-bond donors (Lipinski definition) is 1. The molecule has 0 radical (unpaired) electrons. The van der Waals surface area contributed by atoms with Crippen molar-refractivity contribution in [1.82, 2.24) is 5.32 Å². The van der Waals surface area contributed by atoms with E-state index in [0.29, 0.717) is 0 Å². The molecule has 1 heterocycles. The summed E-state index contributed by atoms with van der Waals surface area (Å²) in [6.07, 6.45) is 2.40. The first-order valence-electron chi connectivity index (χ1n) is 4.45. The summed E-state index contributed by atoms with van der Waals surface area (Å²) in [5.41, 5.74) is 0. The van der Waals surface area contributed by atoms with E-state index in [2.05, 4.69) is 24.1 Å². The summed E-state index contributed by atoms with van der Waals surface area (Å²) in [4.78, 5) is 0. The Morgan fingerprint density at radius 2 is 2.36 bits per heavy atom. The second kappa shape index (κ2) is 4.41. The molecule has 1 saturated heterocycles. The lowest BCUT2D eigenvalue weighted by Gasteiger charge is -2.27. The normalized spacial score (nSPS) is 30.7. The average Bonchev–Trinajstić information content (AvgIpc) is 2.03. The summed E-state index contributed by atoms with van der Waals surface area (Å²) >= 11 is 0. The van der Waals surface area contributed by atoms with Gasteiger partial charge in [0.2, 0.25) is 0 Å². The van der Waals surface area contributed by atoms with Gasteiger partial charge in [-0.2, -0.15) is 0 Å². The van der Waals surface area contributed by atoms with E-state index < -0.39 is 0 Å². The molecule has 0 aromatic carbocycles. The number of nitrogens with one attached hydrogen (secondary N) is 1. The van der Waals surface area contributed by atoms with Crippen molar-refractivity contribution in [2.75, 3.05) is 13.1 Å². The van der Waals surface area contributed by atoms with Crippen molar-refractivity contribution in [2.24, 2.45) is 11.8 Å². The van der Waals surface area contributed by atoms with E-state index in [1.807, 2.05) is 6.92 Å². The van der Waals surface area contributed by atoms with Crippen molar-refractivity contribution in [1.29, 1.82) is 0 Å². The molecule has 0 aliphatic carbocycles. The molecule has 0 aromatic rings. The Morgan fingerprint density at radius 1 is 1.55 bits per heavy atom. The van der Waals surface area contributed by atoms with Crippen LogP contribution in [0.25, 0.3) is 0 Å². The van der Waals surface area contributed by atoms with E-state index in [1.54, 1.807) is 0 Å². The molecule has 1 nitrogen and oxygen atoms in total. The van der Waals surface area contributed by atoms with Crippen molar-refractivity contribution in [3.8, 4) is 11.8 Å². The number of hydrogen-bond acceptors (Lipinski definition) is 1. The first-order valence-corrected chi connectivity index (χ1v) is 4.45. The summed E-state index contributed by atoms with van der Waals surface area (Å²) in [6, 6.07) is 0. The molecule has 0 amide bonds. The van der Waals surface area contributed by atoms with Crippen molar-refractivity contribution < 1.29 is 0 Å². The predicted molar refractivity (Wildman–Crippen MR) is 48.2 cm³/mol. The molecule has 1 heteroatoms. The molecule has 1 rings (SSSR count).